The molecule has 0 aromatic heterocycles. The van der Waals surface area contributed by atoms with Crippen molar-refractivity contribution in [3.05, 3.63) is 35.6 Å². The van der Waals surface area contributed by atoms with E-state index in [1.54, 1.807) is 24.3 Å². The first-order valence-electron chi connectivity index (χ1n) is 6.28. The molecular formula is C14H20O7. The van der Waals surface area contributed by atoms with Gasteiger partial charge in [-0.25, -0.2) is 0 Å². The summed E-state index contributed by atoms with van der Waals surface area (Å²) in [5.41, 5.74) is 0.510. The first-order chi connectivity index (χ1) is 9.90. The van der Waals surface area contributed by atoms with Crippen LogP contribution in [0.25, 0.3) is 6.08 Å². The summed E-state index contributed by atoms with van der Waals surface area (Å²) < 4.78 is 5.00. The van der Waals surface area contributed by atoms with Gasteiger partial charge in [-0.2, -0.15) is 0 Å². The van der Waals surface area contributed by atoms with E-state index in [2.05, 4.69) is 0 Å². The van der Waals surface area contributed by atoms with E-state index in [4.69, 9.17) is 9.84 Å². The quantitative estimate of drug-likeness (QED) is 0.357. The van der Waals surface area contributed by atoms with Crippen LogP contribution in [0.5, 0.6) is 5.75 Å². The topological polar surface area (TPSA) is 131 Å². The molecule has 0 fully saturated rings. The molecule has 0 radical (unpaired) electrons. The van der Waals surface area contributed by atoms with E-state index in [0.717, 1.165) is 0 Å². The summed E-state index contributed by atoms with van der Waals surface area (Å²) in [5, 5.41) is 56.5. The van der Waals surface area contributed by atoms with E-state index in [0.29, 0.717) is 11.3 Å². The third-order valence-electron chi connectivity index (χ3n) is 2.97. The molecule has 1 aromatic carbocycles. The van der Waals surface area contributed by atoms with E-state index in [9.17, 15) is 25.5 Å². The summed E-state index contributed by atoms with van der Waals surface area (Å²) in [6.07, 6.45) is -5.90. The van der Waals surface area contributed by atoms with Crippen molar-refractivity contribution in [1.29, 1.82) is 0 Å². The number of hydrogen-bond acceptors (Lipinski definition) is 7. The number of methoxy groups -OCH3 is 1. The van der Waals surface area contributed by atoms with E-state index in [1.165, 1.54) is 13.2 Å². The number of aliphatic hydroxyl groups is 6. The Hall–Kier alpha value is -1.64. The lowest BCUT2D eigenvalue weighted by Gasteiger charge is -2.25. The van der Waals surface area contributed by atoms with E-state index >= 15 is 0 Å². The molecule has 0 saturated carbocycles. The van der Waals surface area contributed by atoms with Crippen LogP contribution < -0.4 is 4.74 Å². The van der Waals surface area contributed by atoms with Crippen LogP contribution in [0.3, 0.4) is 0 Å². The molecule has 21 heavy (non-hydrogen) atoms. The minimum absolute atomic E-state index is 0.510. The molecule has 1 aromatic rings. The molecule has 0 saturated heterocycles. The van der Waals surface area contributed by atoms with Crippen LogP contribution in [-0.4, -0.2) is 68.8 Å². The standard InChI is InChI=1S/C14H20O7/c1-21-9-4-2-3-8(5-9)6-10(16)12(18)14(20)13(19)11(17)7-15/h2-6,11-20H,7H2,1H3/t11-,12+,13-,14-/m1/s1. The second kappa shape index (κ2) is 7.96. The third-order valence-corrected chi connectivity index (χ3v) is 2.97. The fourth-order valence-corrected chi connectivity index (χ4v) is 1.68. The van der Waals surface area contributed by atoms with Crippen LogP contribution in [0.1, 0.15) is 5.56 Å². The smallest absolute Gasteiger partial charge is 0.139 e. The van der Waals surface area contributed by atoms with Crippen LogP contribution in [0, 0.1) is 0 Å². The molecule has 4 atom stereocenters. The number of rotatable bonds is 7. The molecule has 0 heterocycles. The van der Waals surface area contributed by atoms with Gasteiger partial charge in [0.15, 0.2) is 0 Å². The summed E-state index contributed by atoms with van der Waals surface area (Å²) in [6.45, 7) is -0.786. The molecular weight excluding hydrogens is 280 g/mol. The molecule has 1 rings (SSSR count). The van der Waals surface area contributed by atoms with Gasteiger partial charge in [0.05, 0.1) is 13.7 Å². The fraction of sp³-hybridized carbons (Fsp3) is 0.429. The first-order valence-corrected chi connectivity index (χ1v) is 6.28. The fourth-order valence-electron chi connectivity index (χ4n) is 1.68. The maximum absolute atomic E-state index is 9.76. The second-order valence-electron chi connectivity index (χ2n) is 4.52. The highest BCUT2D eigenvalue weighted by molar-refractivity contribution is 5.54. The molecule has 7 nitrogen and oxygen atoms in total. The molecule has 0 bridgehead atoms. The molecule has 0 aliphatic rings. The van der Waals surface area contributed by atoms with Gasteiger partial charge in [-0.1, -0.05) is 12.1 Å². The Morgan fingerprint density at radius 3 is 2.43 bits per heavy atom. The molecule has 0 unspecified atom stereocenters. The third kappa shape index (κ3) is 4.69. The summed E-state index contributed by atoms with van der Waals surface area (Å²) >= 11 is 0. The SMILES string of the molecule is COc1cccc(C=C(O)[C@H](O)[C@@H](O)[C@H](O)[C@H](O)CO)c1. The van der Waals surface area contributed by atoms with Crippen LogP contribution >= 0.6 is 0 Å². The lowest BCUT2D eigenvalue weighted by molar-refractivity contribution is -0.112. The van der Waals surface area contributed by atoms with Gasteiger partial charge in [-0.3, -0.25) is 0 Å². The molecule has 0 aliphatic carbocycles. The first kappa shape index (κ1) is 17.4. The predicted octanol–water partition coefficient (Wildman–Crippen LogP) is -0.970. The monoisotopic (exact) mass is 300 g/mol. The van der Waals surface area contributed by atoms with Crippen LogP contribution in [0.2, 0.25) is 0 Å². The molecule has 6 N–H and O–H groups in total. The Morgan fingerprint density at radius 1 is 1.19 bits per heavy atom. The van der Waals surface area contributed by atoms with Crippen LogP contribution in [0.15, 0.2) is 30.0 Å². The zero-order valence-corrected chi connectivity index (χ0v) is 11.5. The summed E-state index contributed by atoms with van der Waals surface area (Å²) in [6, 6.07) is 6.59. The number of benzene rings is 1. The highest BCUT2D eigenvalue weighted by Crippen LogP contribution is 2.17. The normalized spacial score (nSPS) is 17.9. The lowest BCUT2D eigenvalue weighted by atomic mass is 10.0. The average molecular weight is 300 g/mol. The van der Waals surface area contributed by atoms with Crippen molar-refractivity contribution in [2.75, 3.05) is 13.7 Å². The Kier molecular flexibility index (Phi) is 6.60. The van der Waals surface area contributed by atoms with Crippen molar-refractivity contribution in [2.24, 2.45) is 0 Å². The summed E-state index contributed by atoms with van der Waals surface area (Å²) in [7, 11) is 1.48. The predicted molar refractivity (Wildman–Crippen MR) is 74.7 cm³/mol. The van der Waals surface area contributed by atoms with Crippen molar-refractivity contribution in [1.82, 2.24) is 0 Å². The maximum atomic E-state index is 9.76. The van der Waals surface area contributed by atoms with Crippen molar-refractivity contribution in [2.45, 2.75) is 24.4 Å². The zero-order valence-electron chi connectivity index (χ0n) is 11.5. The van der Waals surface area contributed by atoms with Gasteiger partial charge in [-0.15, -0.1) is 0 Å². The molecule has 0 amide bonds. The number of hydrogen-bond donors (Lipinski definition) is 6. The van der Waals surface area contributed by atoms with Crippen molar-refractivity contribution >= 4 is 6.08 Å². The van der Waals surface area contributed by atoms with Crippen molar-refractivity contribution in [3.63, 3.8) is 0 Å². The highest BCUT2D eigenvalue weighted by atomic mass is 16.5. The Morgan fingerprint density at radius 2 is 1.86 bits per heavy atom. The molecule has 0 spiro atoms. The van der Waals surface area contributed by atoms with Crippen molar-refractivity contribution in [3.8, 4) is 5.75 Å². The second-order valence-corrected chi connectivity index (χ2v) is 4.52. The lowest BCUT2D eigenvalue weighted by Crippen LogP contribution is -2.46. The van der Waals surface area contributed by atoms with Gasteiger partial charge >= 0.3 is 0 Å². The maximum Gasteiger partial charge on any atom is 0.139 e. The van der Waals surface area contributed by atoms with Gasteiger partial charge in [0.25, 0.3) is 0 Å². The van der Waals surface area contributed by atoms with Gasteiger partial charge in [-0.05, 0) is 23.8 Å². The largest absolute Gasteiger partial charge is 0.509 e. The number of aliphatic hydroxyl groups excluding tert-OH is 6. The van der Waals surface area contributed by atoms with Crippen LogP contribution in [0.4, 0.5) is 0 Å². The minimum Gasteiger partial charge on any atom is -0.509 e. The van der Waals surface area contributed by atoms with Gasteiger partial charge in [0, 0.05) is 0 Å². The van der Waals surface area contributed by atoms with Crippen molar-refractivity contribution < 1.29 is 35.4 Å². The van der Waals surface area contributed by atoms with Gasteiger partial charge < -0.3 is 35.4 Å². The molecule has 0 aliphatic heterocycles. The summed E-state index contributed by atoms with van der Waals surface area (Å²) in [4.78, 5) is 0. The van der Waals surface area contributed by atoms with E-state index in [1.807, 2.05) is 0 Å². The van der Waals surface area contributed by atoms with Crippen LogP contribution in [-0.2, 0) is 0 Å². The Balaban J connectivity index is 2.85. The molecule has 118 valence electrons. The Bertz CT molecular complexity index is 474. The average Bonchev–Trinajstić information content (AvgIpc) is 2.51. The van der Waals surface area contributed by atoms with Gasteiger partial charge in [0.2, 0.25) is 0 Å². The minimum atomic E-state index is -1.85. The van der Waals surface area contributed by atoms with E-state index in [-0.39, 0.29) is 0 Å². The molecule has 7 heteroatoms. The summed E-state index contributed by atoms with van der Waals surface area (Å²) in [5.74, 6) is -0.0535. The number of ether oxygens (including phenoxy) is 1. The van der Waals surface area contributed by atoms with E-state index < -0.39 is 36.8 Å². The van der Waals surface area contributed by atoms with Gasteiger partial charge in [0.1, 0.15) is 35.9 Å². The Labute approximate surface area is 122 Å². The highest BCUT2D eigenvalue weighted by Gasteiger charge is 2.32. The zero-order chi connectivity index (χ0) is 16.0.